The number of para-hydroxylation sites is 1. The monoisotopic (exact) mass is 571 g/mol. The number of aromatic nitrogens is 5. The fourth-order valence-electron chi connectivity index (χ4n) is 4.36. The smallest absolute Gasteiger partial charge is 0.344 e. The lowest BCUT2D eigenvalue weighted by Crippen LogP contribution is -2.46. The number of hydrogen-bond acceptors (Lipinski definition) is 11. The normalized spacial score (nSPS) is 15.8. The Morgan fingerprint density at radius 1 is 1.28 bits per heavy atom. The number of benzene rings is 1. The quantitative estimate of drug-likeness (QED) is 0.132. The number of methoxy groups -OCH3 is 1. The van der Waals surface area contributed by atoms with Gasteiger partial charge in [0.1, 0.15) is 16.1 Å². The lowest BCUT2D eigenvalue weighted by molar-refractivity contribution is -0.0546. The van der Waals surface area contributed by atoms with Gasteiger partial charge in [0.05, 0.1) is 29.1 Å². The zero-order valence-electron chi connectivity index (χ0n) is 21.2. The fourth-order valence-corrected chi connectivity index (χ4v) is 5.49. The molecule has 3 N–H and O–H groups in total. The molecule has 0 unspecified atom stereocenters. The standard InChI is InChI=1S/C25H26ClN7O5S/c1-3-38-24(36)18-21(28-25(27)29-22(18)39-13-17(34)37-2)31-11-10-16(31)20-30-32-12-9-15(26)19(32)23(35)33(20)14-7-5-4-6-8-14/h4-9,12,16-17,34H,3,10-11,13H2,1-2H3,(H2,27,28,29)/t16-,17+/m0/s1. The molecule has 14 heteroatoms. The SMILES string of the molecule is CCOC(=O)c1c(SC[C@H](O)OC)nc(N)nc1N1CC[C@H]1c1nn2ccc(Cl)c2c(=O)n1-c1ccccc1. The lowest BCUT2D eigenvalue weighted by Gasteiger charge is -2.42. The molecule has 1 fully saturated rings. The van der Waals surface area contributed by atoms with E-state index in [1.54, 1.807) is 19.2 Å². The average Bonchev–Trinajstić information content (AvgIpc) is 3.27. The molecule has 0 amide bonds. The first-order chi connectivity index (χ1) is 18.8. The summed E-state index contributed by atoms with van der Waals surface area (Å²) in [4.78, 5) is 37.4. The van der Waals surface area contributed by atoms with Crippen LogP contribution in [-0.2, 0) is 9.47 Å². The molecule has 3 aromatic heterocycles. The van der Waals surface area contributed by atoms with Gasteiger partial charge < -0.3 is 25.2 Å². The van der Waals surface area contributed by atoms with Crippen LogP contribution in [0, 0.1) is 0 Å². The Morgan fingerprint density at radius 2 is 2.05 bits per heavy atom. The molecule has 204 valence electrons. The van der Waals surface area contributed by atoms with E-state index < -0.39 is 18.3 Å². The second kappa shape index (κ2) is 11.2. The van der Waals surface area contributed by atoms with Crippen LogP contribution in [0.25, 0.3) is 11.2 Å². The van der Waals surface area contributed by atoms with Gasteiger partial charge in [-0.2, -0.15) is 10.1 Å². The van der Waals surface area contributed by atoms with Gasteiger partial charge in [0.15, 0.2) is 17.9 Å². The van der Waals surface area contributed by atoms with Crippen LogP contribution in [-0.4, -0.2) is 67.5 Å². The summed E-state index contributed by atoms with van der Waals surface area (Å²) in [6.45, 7) is 2.34. The highest BCUT2D eigenvalue weighted by molar-refractivity contribution is 7.99. The Morgan fingerprint density at radius 3 is 2.72 bits per heavy atom. The number of ether oxygens (including phenoxy) is 2. The van der Waals surface area contributed by atoms with Gasteiger partial charge in [0, 0.05) is 19.9 Å². The largest absolute Gasteiger partial charge is 0.462 e. The van der Waals surface area contributed by atoms with Crippen LogP contribution in [0.15, 0.2) is 52.4 Å². The van der Waals surface area contributed by atoms with Crippen LogP contribution in [0.1, 0.15) is 35.6 Å². The maximum absolute atomic E-state index is 13.7. The fraction of sp³-hybridized carbons (Fsp3) is 0.320. The number of halogens is 1. The van der Waals surface area contributed by atoms with Crippen molar-refractivity contribution >= 4 is 46.6 Å². The third-order valence-electron chi connectivity index (χ3n) is 6.25. The third kappa shape index (κ3) is 5.05. The zero-order chi connectivity index (χ0) is 27.7. The van der Waals surface area contributed by atoms with Crippen LogP contribution in [0.3, 0.4) is 0 Å². The van der Waals surface area contributed by atoms with Gasteiger partial charge in [-0.3, -0.25) is 9.36 Å². The van der Waals surface area contributed by atoms with Crippen LogP contribution in [0.5, 0.6) is 0 Å². The molecule has 0 spiro atoms. The summed E-state index contributed by atoms with van der Waals surface area (Å²) in [7, 11) is 1.37. The summed E-state index contributed by atoms with van der Waals surface area (Å²) in [5.41, 5.74) is 6.73. The topological polar surface area (TPSA) is 150 Å². The first-order valence-electron chi connectivity index (χ1n) is 12.1. The first kappa shape index (κ1) is 26.9. The molecule has 2 atom stereocenters. The van der Waals surface area contributed by atoms with E-state index >= 15 is 0 Å². The average molecular weight is 572 g/mol. The molecule has 0 bridgehead atoms. The molecular formula is C25H26ClN7O5S. The summed E-state index contributed by atoms with van der Waals surface area (Å²) < 4.78 is 13.2. The summed E-state index contributed by atoms with van der Waals surface area (Å²) >= 11 is 7.42. The van der Waals surface area contributed by atoms with Crippen molar-refractivity contribution in [3.63, 3.8) is 0 Å². The number of carbonyl (C=O) groups is 1. The van der Waals surface area contributed by atoms with E-state index in [0.29, 0.717) is 29.5 Å². The minimum atomic E-state index is -1.08. The van der Waals surface area contributed by atoms with Crippen molar-refractivity contribution in [3.05, 3.63) is 69.4 Å². The maximum atomic E-state index is 13.7. The number of rotatable bonds is 9. The van der Waals surface area contributed by atoms with E-state index in [4.69, 9.17) is 31.9 Å². The van der Waals surface area contributed by atoms with Gasteiger partial charge in [-0.15, -0.1) is 11.8 Å². The maximum Gasteiger partial charge on any atom is 0.344 e. The van der Waals surface area contributed by atoms with E-state index in [2.05, 4.69) is 9.97 Å². The van der Waals surface area contributed by atoms with Crippen molar-refractivity contribution in [2.45, 2.75) is 30.7 Å². The molecule has 0 saturated carbocycles. The van der Waals surface area contributed by atoms with Crippen molar-refractivity contribution in [3.8, 4) is 5.69 Å². The Labute approximate surface area is 232 Å². The molecule has 0 radical (unpaired) electrons. The van der Waals surface area contributed by atoms with Gasteiger partial charge in [-0.1, -0.05) is 29.8 Å². The highest BCUT2D eigenvalue weighted by Gasteiger charge is 2.39. The molecule has 12 nitrogen and oxygen atoms in total. The van der Waals surface area contributed by atoms with Crippen molar-refractivity contribution in [1.82, 2.24) is 24.1 Å². The summed E-state index contributed by atoms with van der Waals surface area (Å²) in [6, 6.07) is 10.3. The highest BCUT2D eigenvalue weighted by Crippen LogP contribution is 2.40. The predicted molar refractivity (Wildman–Crippen MR) is 147 cm³/mol. The van der Waals surface area contributed by atoms with Crippen LogP contribution in [0.4, 0.5) is 11.8 Å². The molecule has 0 aliphatic carbocycles. The third-order valence-corrected chi connectivity index (χ3v) is 7.58. The van der Waals surface area contributed by atoms with E-state index in [1.807, 2.05) is 35.2 Å². The minimum Gasteiger partial charge on any atom is -0.462 e. The second-order valence-corrected chi connectivity index (χ2v) is 10.0. The lowest BCUT2D eigenvalue weighted by atomic mass is 10.0. The molecule has 1 saturated heterocycles. The number of thioether (sulfide) groups is 1. The van der Waals surface area contributed by atoms with Gasteiger partial charge in [0.2, 0.25) is 5.95 Å². The summed E-state index contributed by atoms with van der Waals surface area (Å²) in [5, 5.41) is 15.2. The van der Waals surface area contributed by atoms with Gasteiger partial charge in [0.25, 0.3) is 5.56 Å². The summed E-state index contributed by atoms with van der Waals surface area (Å²) in [5.74, 6) is 0.106. The Kier molecular flexibility index (Phi) is 7.75. The van der Waals surface area contributed by atoms with Crippen molar-refractivity contribution in [2.24, 2.45) is 0 Å². The van der Waals surface area contributed by atoms with Crippen molar-refractivity contribution in [1.29, 1.82) is 0 Å². The first-order valence-corrected chi connectivity index (χ1v) is 13.5. The highest BCUT2D eigenvalue weighted by atomic mass is 35.5. The number of fused-ring (bicyclic) bond motifs is 1. The number of anilines is 2. The molecular weight excluding hydrogens is 546 g/mol. The minimum absolute atomic E-state index is 0.0563. The molecule has 4 heterocycles. The zero-order valence-corrected chi connectivity index (χ0v) is 22.7. The number of nitrogens with two attached hydrogens (primary N) is 1. The number of nitrogens with zero attached hydrogens (tertiary/aromatic N) is 6. The van der Waals surface area contributed by atoms with Crippen molar-refractivity contribution < 1.29 is 19.4 Å². The molecule has 1 aliphatic heterocycles. The predicted octanol–water partition coefficient (Wildman–Crippen LogP) is 2.70. The number of carbonyl (C=O) groups excluding carboxylic acids is 1. The number of esters is 1. The van der Waals surface area contributed by atoms with Crippen LogP contribution in [0.2, 0.25) is 5.02 Å². The second-order valence-electron chi connectivity index (χ2n) is 8.60. The van der Waals surface area contributed by atoms with E-state index in [1.165, 1.54) is 16.2 Å². The molecule has 39 heavy (non-hydrogen) atoms. The molecule has 1 aromatic carbocycles. The number of nitrogen functional groups attached to an aromatic ring is 1. The van der Waals surface area contributed by atoms with Crippen LogP contribution < -0.4 is 16.2 Å². The Hall–Kier alpha value is -3.65. The van der Waals surface area contributed by atoms with Crippen LogP contribution >= 0.6 is 23.4 Å². The molecule has 4 aromatic rings. The Bertz CT molecular complexity index is 1580. The number of aliphatic hydroxyl groups excluding tert-OH is 1. The van der Waals surface area contributed by atoms with E-state index in [0.717, 1.165) is 11.8 Å². The van der Waals surface area contributed by atoms with Gasteiger partial charge >= 0.3 is 5.97 Å². The number of aliphatic hydroxyl groups is 1. The number of hydrogen-bond donors (Lipinski definition) is 2. The molecule has 5 rings (SSSR count). The van der Waals surface area contributed by atoms with E-state index in [-0.39, 0.29) is 45.8 Å². The van der Waals surface area contributed by atoms with Crippen molar-refractivity contribution in [2.75, 3.05) is 36.6 Å². The van der Waals surface area contributed by atoms with Gasteiger partial charge in [-0.05, 0) is 31.5 Å². The van der Waals surface area contributed by atoms with E-state index in [9.17, 15) is 14.7 Å². The Balaban J connectivity index is 1.65. The summed E-state index contributed by atoms with van der Waals surface area (Å²) in [6.07, 6.45) is 1.17. The molecule has 1 aliphatic rings. The van der Waals surface area contributed by atoms with Gasteiger partial charge in [-0.25, -0.2) is 14.3 Å².